The second-order valence-corrected chi connectivity index (χ2v) is 7.77. The number of nitrogens with zero attached hydrogens (tertiary/aromatic N) is 1. The van der Waals surface area contributed by atoms with Crippen molar-refractivity contribution in [3.05, 3.63) is 89.5 Å². The van der Waals surface area contributed by atoms with Crippen molar-refractivity contribution < 1.29 is 19.4 Å². The standard InChI is InChI=1S/C25H24N4O4/c26-24(27)28-16-11-9-15(10-12-16)13-22(23(30)31)29-25(32)33-14-21-19-7-3-1-5-17(19)18-6-2-4-8-20(18)21/h1-12,21-22H,13-14H2,(H,29,32)(H,30,31)(H4,26,27,28)/t22-/m0/s1. The van der Waals surface area contributed by atoms with Gasteiger partial charge in [-0.3, -0.25) is 0 Å². The van der Waals surface area contributed by atoms with Crippen LogP contribution in [0.4, 0.5) is 10.5 Å². The number of carbonyl (C=O) groups is 2. The lowest BCUT2D eigenvalue weighted by atomic mass is 9.98. The highest BCUT2D eigenvalue weighted by Crippen LogP contribution is 2.44. The number of aliphatic carboxylic acids is 1. The maximum absolute atomic E-state index is 12.5. The third-order valence-corrected chi connectivity index (χ3v) is 5.57. The molecular weight excluding hydrogens is 420 g/mol. The van der Waals surface area contributed by atoms with Crippen molar-refractivity contribution >= 4 is 23.7 Å². The first-order valence-corrected chi connectivity index (χ1v) is 10.5. The molecule has 0 saturated heterocycles. The smallest absolute Gasteiger partial charge is 0.407 e. The van der Waals surface area contributed by atoms with Gasteiger partial charge in [0.1, 0.15) is 12.6 Å². The second kappa shape index (κ2) is 9.44. The zero-order valence-corrected chi connectivity index (χ0v) is 17.8. The van der Waals surface area contributed by atoms with Crippen LogP contribution in [0.2, 0.25) is 0 Å². The molecule has 3 aromatic rings. The Morgan fingerprint density at radius 3 is 2.06 bits per heavy atom. The van der Waals surface area contributed by atoms with Gasteiger partial charge in [0, 0.05) is 12.3 Å². The normalized spacial score (nSPS) is 12.8. The number of ether oxygens (including phenoxy) is 1. The van der Waals surface area contributed by atoms with E-state index in [0.717, 1.165) is 22.3 Å². The molecule has 1 aliphatic carbocycles. The molecule has 8 nitrogen and oxygen atoms in total. The van der Waals surface area contributed by atoms with Crippen molar-refractivity contribution in [1.29, 1.82) is 0 Å². The summed E-state index contributed by atoms with van der Waals surface area (Å²) in [5.74, 6) is -1.32. The molecule has 0 spiro atoms. The molecule has 0 fully saturated rings. The summed E-state index contributed by atoms with van der Waals surface area (Å²) in [5.41, 5.74) is 16.4. The average molecular weight is 444 g/mol. The molecule has 8 heteroatoms. The Labute approximate surface area is 190 Å². The van der Waals surface area contributed by atoms with Gasteiger partial charge in [0.15, 0.2) is 5.96 Å². The van der Waals surface area contributed by atoms with Crippen LogP contribution < -0.4 is 16.8 Å². The van der Waals surface area contributed by atoms with Gasteiger partial charge in [-0.15, -0.1) is 0 Å². The van der Waals surface area contributed by atoms with Crippen LogP contribution in [0.15, 0.2) is 77.8 Å². The lowest BCUT2D eigenvalue weighted by Crippen LogP contribution is -2.42. The predicted octanol–water partition coefficient (Wildman–Crippen LogP) is 3.13. The molecule has 0 aromatic heterocycles. The van der Waals surface area contributed by atoms with Crippen LogP contribution in [0, 0.1) is 0 Å². The molecule has 0 radical (unpaired) electrons. The maximum Gasteiger partial charge on any atom is 0.407 e. The number of carboxylic acid groups (broad SMARTS) is 1. The molecule has 0 unspecified atom stereocenters. The first kappa shape index (κ1) is 21.9. The molecule has 0 saturated carbocycles. The van der Waals surface area contributed by atoms with Crippen LogP contribution in [0.3, 0.4) is 0 Å². The number of carbonyl (C=O) groups excluding carboxylic acids is 1. The predicted molar refractivity (Wildman–Crippen MR) is 125 cm³/mol. The number of alkyl carbamates (subject to hydrolysis) is 1. The van der Waals surface area contributed by atoms with Gasteiger partial charge in [-0.2, -0.15) is 0 Å². The number of fused-ring (bicyclic) bond motifs is 3. The Kier molecular flexibility index (Phi) is 6.26. The SMILES string of the molecule is NC(N)=Nc1ccc(C[C@H](NC(=O)OCC2c3ccccc3-c3ccccc32)C(=O)O)cc1. The highest BCUT2D eigenvalue weighted by Gasteiger charge is 2.29. The van der Waals surface area contributed by atoms with Gasteiger partial charge < -0.3 is 26.6 Å². The van der Waals surface area contributed by atoms with Crippen LogP contribution in [0.1, 0.15) is 22.6 Å². The molecule has 3 aromatic carbocycles. The highest BCUT2D eigenvalue weighted by atomic mass is 16.5. The minimum Gasteiger partial charge on any atom is -0.480 e. The highest BCUT2D eigenvalue weighted by molar-refractivity contribution is 5.81. The molecule has 1 atom stereocenters. The molecule has 1 aliphatic rings. The number of rotatable bonds is 7. The summed E-state index contributed by atoms with van der Waals surface area (Å²) in [4.78, 5) is 28.1. The number of benzene rings is 3. The minimum atomic E-state index is -1.16. The lowest BCUT2D eigenvalue weighted by Gasteiger charge is -2.17. The molecule has 4 rings (SSSR count). The van der Waals surface area contributed by atoms with E-state index in [1.807, 2.05) is 48.5 Å². The van der Waals surface area contributed by atoms with Crippen molar-refractivity contribution in [1.82, 2.24) is 5.32 Å². The topological polar surface area (TPSA) is 140 Å². The van der Waals surface area contributed by atoms with Gasteiger partial charge in [-0.1, -0.05) is 60.7 Å². The van der Waals surface area contributed by atoms with Gasteiger partial charge in [0.2, 0.25) is 0 Å². The van der Waals surface area contributed by atoms with E-state index in [-0.39, 0.29) is 24.9 Å². The average Bonchev–Trinajstić information content (AvgIpc) is 3.12. The van der Waals surface area contributed by atoms with E-state index in [2.05, 4.69) is 10.3 Å². The van der Waals surface area contributed by atoms with E-state index in [9.17, 15) is 14.7 Å². The van der Waals surface area contributed by atoms with Crippen molar-refractivity contribution in [3.8, 4) is 11.1 Å². The number of amides is 1. The van der Waals surface area contributed by atoms with Gasteiger partial charge in [-0.05, 0) is 39.9 Å². The van der Waals surface area contributed by atoms with Crippen molar-refractivity contribution in [2.75, 3.05) is 6.61 Å². The van der Waals surface area contributed by atoms with Crippen LogP contribution >= 0.6 is 0 Å². The molecular formula is C25H24N4O4. The molecule has 1 amide bonds. The Bertz CT molecular complexity index is 1160. The monoisotopic (exact) mass is 444 g/mol. The second-order valence-electron chi connectivity index (χ2n) is 7.77. The van der Waals surface area contributed by atoms with E-state index in [4.69, 9.17) is 16.2 Å². The fourth-order valence-electron chi connectivity index (χ4n) is 4.07. The fraction of sp³-hybridized carbons (Fsp3) is 0.160. The number of hydrogen-bond donors (Lipinski definition) is 4. The number of aliphatic imine (C=N–C) groups is 1. The van der Waals surface area contributed by atoms with E-state index >= 15 is 0 Å². The Hall–Kier alpha value is -4.33. The first-order valence-electron chi connectivity index (χ1n) is 10.5. The van der Waals surface area contributed by atoms with Crippen molar-refractivity contribution in [3.63, 3.8) is 0 Å². The summed E-state index contributed by atoms with van der Waals surface area (Å²) in [7, 11) is 0. The minimum absolute atomic E-state index is 0.0666. The third-order valence-electron chi connectivity index (χ3n) is 5.57. The summed E-state index contributed by atoms with van der Waals surface area (Å²) in [6.07, 6.45) is -0.692. The van der Waals surface area contributed by atoms with E-state index in [1.54, 1.807) is 24.3 Å². The third kappa shape index (κ3) is 4.95. The summed E-state index contributed by atoms with van der Waals surface area (Å²) < 4.78 is 5.46. The number of guanidine groups is 1. The van der Waals surface area contributed by atoms with Crippen LogP contribution in [0.25, 0.3) is 11.1 Å². The van der Waals surface area contributed by atoms with Crippen LogP contribution in [-0.4, -0.2) is 35.8 Å². The zero-order valence-electron chi connectivity index (χ0n) is 17.8. The van der Waals surface area contributed by atoms with Crippen LogP contribution in [0.5, 0.6) is 0 Å². The molecule has 6 N–H and O–H groups in total. The zero-order chi connectivity index (χ0) is 23.4. The molecule has 0 bridgehead atoms. The van der Waals surface area contributed by atoms with Gasteiger partial charge in [0.25, 0.3) is 0 Å². The number of carboxylic acids is 1. The summed E-state index contributed by atoms with van der Waals surface area (Å²) in [6.45, 7) is 0.111. The van der Waals surface area contributed by atoms with Crippen LogP contribution in [-0.2, 0) is 16.0 Å². The number of nitrogens with one attached hydrogen (secondary N) is 1. The van der Waals surface area contributed by atoms with Gasteiger partial charge in [0.05, 0.1) is 5.69 Å². The molecule has 0 heterocycles. The van der Waals surface area contributed by atoms with Crippen molar-refractivity contribution in [2.45, 2.75) is 18.4 Å². The summed E-state index contributed by atoms with van der Waals surface area (Å²) in [6, 6.07) is 21.6. The Morgan fingerprint density at radius 1 is 0.939 bits per heavy atom. The number of nitrogens with two attached hydrogens (primary N) is 2. The first-order chi connectivity index (χ1) is 15.9. The Balaban J connectivity index is 1.40. The van der Waals surface area contributed by atoms with E-state index in [0.29, 0.717) is 11.3 Å². The van der Waals surface area contributed by atoms with Gasteiger partial charge in [-0.25, -0.2) is 14.6 Å². The van der Waals surface area contributed by atoms with E-state index < -0.39 is 18.1 Å². The molecule has 33 heavy (non-hydrogen) atoms. The van der Waals surface area contributed by atoms with Crippen molar-refractivity contribution in [2.24, 2.45) is 16.5 Å². The van der Waals surface area contributed by atoms with E-state index in [1.165, 1.54) is 0 Å². The molecule has 168 valence electrons. The summed E-state index contributed by atoms with van der Waals surface area (Å²) in [5, 5.41) is 12.0. The number of hydrogen-bond acceptors (Lipinski definition) is 4. The lowest BCUT2D eigenvalue weighted by molar-refractivity contribution is -0.139. The fourth-order valence-corrected chi connectivity index (χ4v) is 4.07. The maximum atomic E-state index is 12.5. The summed E-state index contributed by atoms with van der Waals surface area (Å²) >= 11 is 0. The largest absolute Gasteiger partial charge is 0.480 e. The molecule has 0 aliphatic heterocycles. The Morgan fingerprint density at radius 2 is 1.52 bits per heavy atom. The van der Waals surface area contributed by atoms with Gasteiger partial charge >= 0.3 is 12.1 Å². The quantitative estimate of drug-likeness (QED) is 0.326.